The van der Waals surface area contributed by atoms with Gasteiger partial charge in [0.2, 0.25) is 10.0 Å². The number of aromatic nitrogens is 1. The van der Waals surface area contributed by atoms with E-state index in [1.807, 2.05) is 6.92 Å². The lowest BCUT2D eigenvalue weighted by atomic mass is 10.2. The van der Waals surface area contributed by atoms with Gasteiger partial charge in [-0.05, 0) is 31.0 Å². The highest BCUT2D eigenvalue weighted by molar-refractivity contribution is 7.89. The van der Waals surface area contributed by atoms with Crippen molar-refractivity contribution in [3.05, 3.63) is 40.1 Å². The number of nitrogens with two attached hydrogens (primary N) is 1. The fraction of sp³-hybridized carbons (Fsp3) is 0.308. The Hall–Kier alpha value is -1.51. The first kappa shape index (κ1) is 15.9. The second-order valence-electron chi connectivity index (χ2n) is 4.60. The van der Waals surface area contributed by atoms with E-state index in [0.29, 0.717) is 11.4 Å². The minimum absolute atomic E-state index is 0.192. The van der Waals surface area contributed by atoms with Crippen molar-refractivity contribution in [1.82, 2.24) is 9.71 Å². The predicted octanol–water partition coefficient (Wildman–Crippen LogP) is 2.60. The van der Waals surface area contributed by atoms with Gasteiger partial charge in [0.1, 0.15) is 15.7 Å². The molecule has 0 saturated heterocycles. The molecule has 5 nitrogen and oxygen atoms in total. The van der Waals surface area contributed by atoms with E-state index in [4.69, 9.17) is 5.73 Å². The van der Waals surface area contributed by atoms with Gasteiger partial charge in [-0.2, -0.15) is 0 Å². The number of sulfonamides is 1. The standard InChI is InChI=1S/C13H16FN3O2S2/c1-3-10(13-16-4-5-20-13)17-21(18,19)11-7-9(15)6-8(2)12(11)14/h4-7,10,17H,3,15H2,1-2H3. The van der Waals surface area contributed by atoms with Crippen LogP contribution in [0.2, 0.25) is 0 Å². The lowest BCUT2D eigenvalue weighted by Gasteiger charge is -2.16. The molecule has 2 rings (SSSR count). The molecule has 2 aromatic rings. The molecule has 0 aliphatic heterocycles. The number of aryl methyl sites for hydroxylation is 1. The molecular formula is C13H16FN3O2S2. The van der Waals surface area contributed by atoms with E-state index in [2.05, 4.69) is 9.71 Å². The van der Waals surface area contributed by atoms with Gasteiger partial charge in [0, 0.05) is 17.3 Å². The number of nitrogen functional groups attached to an aromatic ring is 1. The van der Waals surface area contributed by atoms with Gasteiger partial charge >= 0.3 is 0 Å². The normalized spacial score (nSPS) is 13.3. The molecule has 0 bridgehead atoms. The first-order valence-electron chi connectivity index (χ1n) is 6.32. The zero-order chi connectivity index (χ0) is 15.6. The van der Waals surface area contributed by atoms with E-state index >= 15 is 0 Å². The molecule has 0 radical (unpaired) electrons. The van der Waals surface area contributed by atoms with Crippen molar-refractivity contribution in [2.75, 3.05) is 5.73 Å². The minimum Gasteiger partial charge on any atom is -0.399 e. The van der Waals surface area contributed by atoms with Crippen LogP contribution in [0.15, 0.2) is 28.6 Å². The van der Waals surface area contributed by atoms with Gasteiger partial charge in [-0.1, -0.05) is 6.92 Å². The van der Waals surface area contributed by atoms with E-state index in [1.165, 1.54) is 24.3 Å². The second kappa shape index (κ2) is 6.08. The highest BCUT2D eigenvalue weighted by Crippen LogP contribution is 2.25. The van der Waals surface area contributed by atoms with Crippen molar-refractivity contribution in [2.24, 2.45) is 0 Å². The van der Waals surface area contributed by atoms with Crippen LogP contribution >= 0.6 is 11.3 Å². The largest absolute Gasteiger partial charge is 0.399 e. The lowest BCUT2D eigenvalue weighted by Crippen LogP contribution is -2.29. The molecule has 0 spiro atoms. The third-order valence-corrected chi connectivity index (χ3v) is 5.35. The molecule has 1 heterocycles. The molecule has 1 aromatic carbocycles. The van der Waals surface area contributed by atoms with Crippen LogP contribution in [0.3, 0.4) is 0 Å². The van der Waals surface area contributed by atoms with Crippen LogP contribution < -0.4 is 10.5 Å². The molecule has 3 N–H and O–H groups in total. The molecule has 0 aliphatic rings. The monoisotopic (exact) mass is 329 g/mol. The highest BCUT2D eigenvalue weighted by Gasteiger charge is 2.25. The molecule has 1 unspecified atom stereocenters. The quantitative estimate of drug-likeness (QED) is 0.826. The average molecular weight is 329 g/mol. The van der Waals surface area contributed by atoms with Crippen LogP contribution in [0.1, 0.15) is 30.0 Å². The predicted molar refractivity (Wildman–Crippen MR) is 81.0 cm³/mol. The maximum atomic E-state index is 14.1. The Balaban J connectivity index is 2.39. The summed E-state index contributed by atoms with van der Waals surface area (Å²) in [6, 6.07) is 2.03. The van der Waals surface area contributed by atoms with Gasteiger partial charge in [0.05, 0.1) is 6.04 Å². The molecule has 0 aliphatic carbocycles. The Labute approximate surface area is 127 Å². The number of hydrogen-bond acceptors (Lipinski definition) is 5. The Kier molecular flexibility index (Phi) is 4.60. The summed E-state index contributed by atoms with van der Waals surface area (Å²) in [6.45, 7) is 3.30. The molecule has 0 fully saturated rings. The second-order valence-corrected chi connectivity index (χ2v) is 7.21. The van der Waals surface area contributed by atoms with Crippen LogP contribution in [0, 0.1) is 12.7 Å². The molecule has 21 heavy (non-hydrogen) atoms. The van der Waals surface area contributed by atoms with Crippen molar-refractivity contribution >= 4 is 27.0 Å². The number of benzene rings is 1. The number of rotatable bonds is 5. The van der Waals surface area contributed by atoms with Gasteiger partial charge < -0.3 is 5.73 Å². The first-order chi connectivity index (χ1) is 9.85. The number of hydrogen-bond donors (Lipinski definition) is 2. The molecule has 0 amide bonds. The summed E-state index contributed by atoms with van der Waals surface area (Å²) in [5.41, 5.74) is 6.01. The van der Waals surface area contributed by atoms with Gasteiger partial charge in [0.15, 0.2) is 0 Å². The fourth-order valence-corrected chi connectivity index (χ4v) is 4.24. The van der Waals surface area contributed by atoms with Crippen LogP contribution in [0.5, 0.6) is 0 Å². The maximum absolute atomic E-state index is 14.1. The third-order valence-electron chi connectivity index (χ3n) is 2.99. The van der Waals surface area contributed by atoms with Crippen LogP contribution in [-0.4, -0.2) is 13.4 Å². The van der Waals surface area contributed by atoms with Crippen LogP contribution in [0.25, 0.3) is 0 Å². The zero-order valence-corrected chi connectivity index (χ0v) is 13.3. The van der Waals surface area contributed by atoms with Crippen LogP contribution in [-0.2, 0) is 10.0 Å². The Morgan fingerprint density at radius 3 is 2.76 bits per heavy atom. The first-order valence-corrected chi connectivity index (χ1v) is 8.68. The summed E-state index contributed by atoms with van der Waals surface area (Å²) in [7, 11) is -4.01. The van der Waals surface area contributed by atoms with E-state index < -0.39 is 26.8 Å². The summed E-state index contributed by atoms with van der Waals surface area (Å²) >= 11 is 1.35. The van der Waals surface area contributed by atoms with Gasteiger partial charge in [-0.15, -0.1) is 11.3 Å². The van der Waals surface area contributed by atoms with Crippen LogP contribution in [0.4, 0.5) is 10.1 Å². The fourth-order valence-electron chi connectivity index (χ4n) is 1.93. The van der Waals surface area contributed by atoms with E-state index in [1.54, 1.807) is 11.6 Å². The van der Waals surface area contributed by atoms with Crippen molar-refractivity contribution in [3.63, 3.8) is 0 Å². The number of thiazole rings is 1. The Morgan fingerprint density at radius 2 is 2.19 bits per heavy atom. The van der Waals surface area contributed by atoms with Gasteiger partial charge in [-0.25, -0.2) is 22.5 Å². The average Bonchev–Trinajstić information content (AvgIpc) is 2.94. The molecule has 114 valence electrons. The summed E-state index contributed by atoms with van der Waals surface area (Å²) in [4.78, 5) is 3.66. The van der Waals surface area contributed by atoms with Crippen molar-refractivity contribution in [1.29, 1.82) is 0 Å². The summed E-state index contributed by atoms with van der Waals surface area (Å²) in [6.07, 6.45) is 2.11. The summed E-state index contributed by atoms with van der Waals surface area (Å²) in [5, 5.41) is 2.40. The SMILES string of the molecule is CCC(NS(=O)(=O)c1cc(N)cc(C)c1F)c1nccs1. The molecular weight excluding hydrogens is 313 g/mol. The molecule has 0 saturated carbocycles. The van der Waals surface area contributed by atoms with E-state index in [-0.39, 0.29) is 11.3 Å². The lowest BCUT2D eigenvalue weighted by molar-refractivity contribution is 0.532. The zero-order valence-electron chi connectivity index (χ0n) is 11.6. The summed E-state index contributed by atoms with van der Waals surface area (Å²) in [5.74, 6) is -0.786. The summed E-state index contributed by atoms with van der Waals surface area (Å²) < 4.78 is 41.4. The number of nitrogens with one attached hydrogen (secondary N) is 1. The maximum Gasteiger partial charge on any atom is 0.244 e. The van der Waals surface area contributed by atoms with Gasteiger partial charge in [-0.3, -0.25) is 0 Å². The van der Waals surface area contributed by atoms with Crippen molar-refractivity contribution in [3.8, 4) is 0 Å². The Morgan fingerprint density at radius 1 is 1.48 bits per heavy atom. The number of nitrogens with zero attached hydrogens (tertiary/aromatic N) is 1. The third kappa shape index (κ3) is 3.39. The van der Waals surface area contributed by atoms with Gasteiger partial charge in [0.25, 0.3) is 0 Å². The Bertz CT molecular complexity index is 730. The highest BCUT2D eigenvalue weighted by atomic mass is 32.2. The smallest absolute Gasteiger partial charge is 0.244 e. The minimum atomic E-state index is -4.01. The topological polar surface area (TPSA) is 85.1 Å². The molecule has 1 atom stereocenters. The molecule has 8 heteroatoms. The van der Waals surface area contributed by atoms with E-state index in [0.717, 1.165) is 6.07 Å². The molecule has 1 aromatic heterocycles. The number of anilines is 1. The number of halogens is 1. The van der Waals surface area contributed by atoms with E-state index in [9.17, 15) is 12.8 Å². The van der Waals surface area contributed by atoms with Crippen molar-refractivity contribution in [2.45, 2.75) is 31.2 Å². The van der Waals surface area contributed by atoms with Crippen molar-refractivity contribution < 1.29 is 12.8 Å².